The molecule has 1 nitrogen and oxygen atoms in total. The molecule has 24 heavy (non-hydrogen) atoms. The molecule has 0 radical (unpaired) electrons. The van der Waals surface area contributed by atoms with E-state index in [1.165, 1.54) is 57.8 Å². The second-order valence-electron chi connectivity index (χ2n) is 7.77. The molecule has 0 unspecified atom stereocenters. The highest BCUT2D eigenvalue weighted by Crippen LogP contribution is 2.44. The zero-order valence-electron chi connectivity index (χ0n) is 14.5. The number of allylic oxidation sites excluding steroid dienone is 1. The highest BCUT2D eigenvalue weighted by Gasteiger charge is 2.31. The second-order valence-corrected chi connectivity index (χ2v) is 7.77. The molecule has 2 aliphatic carbocycles. The van der Waals surface area contributed by atoms with Crippen LogP contribution in [0.15, 0.2) is 30.9 Å². The predicted molar refractivity (Wildman–Crippen MR) is 96.1 cm³/mol. The van der Waals surface area contributed by atoms with Gasteiger partial charge in [-0.3, -0.25) is 0 Å². The number of nitrogens with zero attached hydrogens (tertiary/aromatic N) is 1. The third-order valence-corrected chi connectivity index (χ3v) is 6.41. The fourth-order valence-electron chi connectivity index (χ4n) is 4.93. The van der Waals surface area contributed by atoms with Gasteiger partial charge in [0.15, 0.2) is 0 Å². The standard InChI is InChI=1S/C22H28FN/c1-2-3-16-4-6-17(7-5-16)18-8-10-19(11-9-18)20-12-13-21(15-24)22(23)14-20/h2,12-14,16-19H,1,3-11H2/t16-,17-,18?,19?. The minimum atomic E-state index is -0.363. The van der Waals surface area contributed by atoms with Crippen molar-refractivity contribution in [2.45, 2.75) is 63.7 Å². The Balaban J connectivity index is 1.52. The van der Waals surface area contributed by atoms with Crippen LogP contribution in [-0.4, -0.2) is 0 Å². The van der Waals surface area contributed by atoms with Gasteiger partial charge >= 0.3 is 0 Å². The van der Waals surface area contributed by atoms with Crippen LogP contribution in [0.3, 0.4) is 0 Å². The maximum absolute atomic E-state index is 13.8. The Morgan fingerprint density at radius 2 is 1.67 bits per heavy atom. The molecule has 0 aromatic heterocycles. The Labute approximate surface area is 145 Å². The van der Waals surface area contributed by atoms with Crippen molar-refractivity contribution in [3.05, 3.63) is 47.8 Å². The quantitative estimate of drug-likeness (QED) is 0.591. The predicted octanol–water partition coefficient (Wildman–Crippen LogP) is 6.35. The molecular weight excluding hydrogens is 297 g/mol. The van der Waals surface area contributed by atoms with E-state index in [1.807, 2.05) is 12.1 Å². The largest absolute Gasteiger partial charge is 0.206 e. The minimum absolute atomic E-state index is 0.156. The van der Waals surface area contributed by atoms with Crippen LogP contribution < -0.4 is 0 Å². The van der Waals surface area contributed by atoms with Gasteiger partial charge in [0, 0.05) is 0 Å². The topological polar surface area (TPSA) is 23.8 Å². The van der Waals surface area contributed by atoms with E-state index in [0.717, 1.165) is 23.3 Å². The molecule has 0 aliphatic heterocycles. The van der Waals surface area contributed by atoms with Crippen molar-refractivity contribution in [1.29, 1.82) is 5.26 Å². The first-order chi connectivity index (χ1) is 11.7. The van der Waals surface area contributed by atoms with Crippen molar-refractivity contribution in [2.24, 2.45) is 17.8 Å². The molecule has 2 aliphatic rings. The molecule has 0 heterocycles. The summed E-state index contributed by atoms with van der Waals surface area (Å²) in [5.74, 6) is 2.76. The van der Waals surface area contributed by atoms with Crippen LogP contribution in [0.4, 0.5) is 4.39 Å². The number of hydrogen-bond acceptors (Lipinski definition) is 1. The van der Waals surface area contributed by atoms with Gasteiger partial charge in [0.1, 0.15) is 11.9 Å². The fourth-order valence-corrected chi connectivity index (χ4v) is 4.93. The molecule has 3 rings (SSSR count). The third kappa shape index (κ3) is 3.89. The van der Waals surface area contributed by atoms with Crippen LogP contribution in [0, 0.1) is 34.9 Å². The molecule has 0 atom stereocenters. The van der Waals surface area contributed by atoms with Gasteiger partial charge in [-0.05, 0) is 99.2 Å². The summed E-state index contributed by atoms with van der Waals surface area (Å²) in [6.45, 7) is 3.87. The zero-order chi connectivity index (χ0) is 16.9. The van der Waals surface area contributed by atoms with E-state index in [2.05, 4.69) is 12.7 Å². The number of rotatable bonds is 4. The average molecular weight is 325 g/mol. The molecule has 1 aromatic carbocycles. The van der Waals surface area contributed by atoms with E-state index in [-0.39, 0.29) is 11.4 Å². The normalized spacial score (nSPS) is 30.5. The van der Waals surface area contributed by atoms with Crippen LogP contribution in [0.25, 0.3) is 0 Å². The Kier molecular flexibility index (Phi) is 5.72. The number of nitriles is 1. The van der Waals surface area contributed by atoms with E-state index in [9.17, 15) is 4.39 Å². The van der Waals surface area contributed by atoms with Gasteiger partial charge in [-0.1, -0.05) is 12.1 Å². The van der Waals surface area contributed by atoms with Crippen LogP contribution >= 0.6 is 0 Å². The van der Waals surface area contributed by atoms with Gasteiger partial charge in [-0.15, -0.1) is 6.58 Å². The summed E-state index contributed by atoms with van der Waals surface area (Å²) >= 11 is 0. The average Bonchev–Trinajstić information content (AvgIpc) is 2.63. The van der Waals surface area contributed by atoms with Crippen molar-refractivity contribution in [3.63, 3.8) is 0 Å². The van der Waals surface area contributed by atoms with Gasteiger partial charge in [0.05, 0.1) is 5.56 Å². The lowest BCUT2D eigenvalue weighted by molar-refractivity contribution is 0.160. The number of halogens is 1. The van der Waals surface area contributed by atoms with Gasteiger partial charge in [0.2, 0.25) is 0 Å². The molecule has 2 fully saturated rings. The number of hydrogen-bond donors (Lipinski definition) is 0. The van der Waals surface area contributed by atoms with Crippen LogP contribution in [0.1, 0.15) is 74.8 Å². The van der Waals surface area contributed by atoms with Crippen molar-refractivity contribution in [2.75, 3.05) is 0 Å². The van der Waals surface area contributed by atoms with Crippen molar-refractivity contribution >= 4 is 0 Å². The Hall–Kier alpha value is -1.62. The van der Waals surface area contributed by atoms with Crippen molar-refractivity contribution < 1.29 is 4.39 Å². The highest BCUT2D eigenvalue weighted by atomic mass is 19.1. The lowest BCUT2D eigenvalue weighted by Gasteiger charge is -2.38. The maximum atomic E-state index is 13.8. The number of benzene rings is 1. The summed E-state index contributed by atoms with van der Waals surface area (Å²) in [7, 11) is 0. The summed E-state index contributed by atoms with van der Waals surface area (Å²) in [4.78, 5) is 0. The molecule has 0 bridgehead atoms. The molecule has 0 amide bonds. The monoisotopic (exact) mass is 325 g/mol. The van der Waals surface area contributed by atoms with Crippen LogP contribution in [0.2, 0.25) is 0 Å². The van der Waals surface area contributed by atoms with E-state index in [0.29, 0.717) is 5.92 Å². The second kappa shape index (κ2) is 7.97. The van der Waals surface area contributed by atoms with Crippen molar-refractivity contribution in [1.82, 2.24) is 0 Å². The summed E-state index contributed by atoms with van der Waals surface area (Å²) in [6, 6.07) is 7.08. The van der Waals surface area contributed by atoms with E-state index < -0.39 is 0 Å². The third-order valence-electron chi connectivity index (χ3n) is 6.41. The molecule has 0 spiro atoms. The van der Waals surface area contributed by atoms with Crippen LogP contribution in [0.5, 0.6) is 0 Å². The molecule has 128 valence electrons. The first-order valence-corrected chi connectivity index (χ1v) is 9.51. The molecule has 0 saturated heterocycles. The first-order valence-electron chi connectivity index (χ1n) is 9.51. The highest BCUT2D eigenvalue weighted by molar-refractivity contribution is 5.34. The summed E-state index contributed by atoms with van der Waals surface area (Å²) in [5, 5.41) is 8.86. The lowest BCUT2D eigenvalue weighted by atomic mass is 9.68. The maximum Gasteiger partial charge on any atom is 0.141 e. The Morgan fingerprint density at radius 1 is 1.04 bits per heavy atom. The minimum Gasteiger partial charge on any atom is -0.206 e. The van der Waals surface area contributed by atoms with Gasteiger partial charge in [-0.2, -0.15) is 5.26 Å². The van der Waals surface area contributed by atoms with E-state index >= 15 is 0 Å². The van der Waals surface area contributed by atoms with Crippen molar-refractivity contribution in [3.8, 4) is 6.07 Å². The Morgan fingerprint density at radius 3 is 2.21 bits per heavy atom. The molecule has 2 heteroatoms. The van der Waals surface area contributed by atoms with Gasteiger partial charge < -0.3 is 0 Å². The molecular formula is C22H28FN. The summed E-state index contributed by atoms with van der Waals surface area (Å²) in [5.41, 5.74) is 1.24. The first kappa shape index (κ1) is 17.2. The summed E-state index contributed by atoms with van der Waals surface area (Å²) in [6.07, 6.45) is 13.7. The smallest absolute Gasteiger partial charge is 0.141 e. The fraction of sp³-hybridized carbons (Fsp3) is 0.591. The van der Waals surface area contributed by atoms with E-state index in [1.54, 1.807) is 12.1 Å². The lowest BCUT2D eigenvalue weighted by Crippen LogP contribution is -2.25. The molecule has 2 saturated carbocycles. The molecule has 1 aromatic rings. The van der Waals surface area contributed by atoms with E-state index in [4.69, 9.17) is 5.26 Å². The van der Waals surface area contributed by atoms with Gasteiger partial charge in [-0.25, -0.2) is 4.39 Å². The SMILES string of the molecule is C=CC[C@H]1CC[C@H](C2CCC(c3ccc(C#N)c(F)c3)CC2)CC1. The zero-order valence-corrected chi connectivity index (χ0v) is 14.5. The summed E-state index contributed by atoms with van der Waals surface area (Å²) < 4.78 is 13.8. The Bertz CT molecular complexity index is 599. The van der Waals surface area contributed by atoms with Crippen LogP contribution in [-0.2, 0) is 0 Å². The molecule has 0 N–H and O–H groups in total. The van der Waals surface area contributed by atoms with Gasteiger partial charge in [0.25, 0.3) is 0 Å².